The van der Waals surface area contributed by atoms with Crippen LogP contribution < -0.4 is 5.73 Å². The second kappa shape index (κ2) is 5.04. The van der Waals surface area contributed by atoms with Gasteiger partial charge in [-0.25, -0.2) is 0 Å². The SMILES string of the molecule is CC(C)[C@@H](N)C(=O)N1CCn2c(nnc2C(F)(F)F)C1. The zero-order chi connectivity index (χ0) is 15.1. The molecule has 0 spiro atoms. The predicted octanol–water partition coefficient (Wildman–Crippen LogP) is 0.622. The lowest BCUT2D eigenvalue weighted by atomic mass is 10.0. The number of alkyl halides is 3. The Morgan fingerprint density at radius 3 is 2.50 bits per heavy atom. The van der Waals surface area contributed by atoms with Gasteiger partial charge in [-0.3, -0.25) is 4.79 Å². The number of fused-ring (bicyclic) bond motifs is 1. The van der Waals surface area contributed by atoms with Crippen LogP contribution in [-0.2, 0) is 24.1 Å². The van der Waals surface area contributed by atoms with Crippen molar-refractivity contribution in [3.63, 3.8) is 0 Å². The fraction of sp³-hybridized carbons (Fsp3) is 0.727. The molecule has 1 aromatic rings. The molecule has 0 radical (unpaired) electrons. The number of halogens is 3. The highest BCUT2D eigenvalue weighted by Gasteiger charge is 2.40. The van der Waals surface area contributed by atoms with Crippen molar-refractivity contribution in [1.29, 1.82) is 0 Å². The summed E-state index contributed by atoms with van der Waals surface area (Å²) in [4.78, 5) is 13.5. The van der Waals surface area contributed by atoms with Crippen molar-refractivity contribution < 1.29 is 18.0 Å². The normalized spacial score (nSPS) is 17.2. The molecule has 112 valence electrons. The topological polar surface area (TPSA) is 77.0 Å². The minimum absolute atomic E-state index is 0.00231. The van der Waals surface area contributed by atoms with Gasteiger partial charge in [0.2, 0.25) is 11.7 Å². The standard InChI is InChI=1S/C11H16F3N5O/c1-6(2)8(15)9(20)18-3-4-19-7(5-18)16-17-10(19)11(12,13)14/h6,8H,3-5,15H2,1-2H3/t8-/m1/s1. The lowest BCUT2D eigenvalue weighted by Crippen LogP contribution is -2.49. The fourth-order valence-corrected chi connectivity index (χ4v) is 2.05. The Hall–Kier alpha value is -1.64. The molecule has 20 heavy (non-hydrogen) atoms. The molecule has 0 unspecified atom stereocenters. The summed E-state index contributed by atoms with van der Waals surface area (Å²) in [5, 5.41) is 6.68. The maximum Gasteiger partial charge on any atom is 0.451 e. The van der Waals surface area contributed by atoms with Crippen molar-refractivity contribution in [2.24, 2.45) is 11.7 Å². The summed E-state index contributed by atoms with van der Waals surface area (Å²) in [6.07, 6.45) is -4.54. The van der Waals surface area contributed by atoms with Crippen LogP contribution in [0, 0.1) is 5.92 Å². The van der Waals surface area contributed by atoms with E-state index in [4.69, 9.17) is 5.73 Å². The number of carbonyl (C=O) groups excluding carboxylic acids is 1. The van der Waals surface area contributed by atoms with Gasteiger partial charge >= 0.3 is 6.18 Å². The van der Waals surface area contributed by atoms with E-state index in [1.54, 1.807) is 0 Å². The van der Waals surface area contributed by atoms with E-state index in [0.29, 0.717) is 0 Å². The molecular weight excluding hydrogens is 275 g/mol. The molecule has 1 aliphatic heterocycles. The largest absolute Gasteiger partial charge is 0.451 e. The summed E-state index contributed by atoms with van der Waals surface area (Å²) in [5.41, 5.74) is 5.77. The molecule has 0 saturated heterocycles. The molecule has 0 aromatic carbocycles. The number of rotatable bonds is 2. The molecule has 9 heteroatoms. The van der Waals surface area contributed by atoms with Gasteiger partial charge in [0, 0.05) is 13.1 Å². The third kappa shape index (κ3) is 2.62. The van der Waals surface area contributed by atoms with Crippen molar-refractivity contribution in [3.05, 3.63) is 11.6 Å². The summed E-state index contributed by atoms with van der Waals surface area (Å²) < 4.78 is 39.0. The molecular formula is C11H16F3N5O. The molecule has 2 N–H and O–H groups in total. The van der Waals surface area contributed by atoms with Crippen LogP contribution in [-0.4, -0.2) is 38.2 Å². The van der Waals surface area contributed by atoms with Crippen LogP contribution in [0.15, 0.2) is 0 Å². The van der Waals surface area contributed by atoms with Crippen LogP contribution >= 0.6 is 0 Å². The van der Waals surface area contributed by atoms with E-state index < -0.39 is 18.0 Å². The minimum Gasteiger partial charge on any atom is -0.332 e. The fourth-order valence-electron chi connectivity index (χ4n) is 2.05. The lowest BCUT2D eigenvalue weighted by Gasteiger charge is -2.31. The van der Waals surface area contributed by atoms with Gasteiger partial charge in [-0.05, 0) is 5.92 Å². The molecule has 1 aliphatic rings. The van der Waals surface area contributed by atoms with E-state index in [1.165, 1.54) is 4.90 Å². The highest BCUT2D eigenvalue weighted by atomic mass is 19.4. The highest BCUT2D eigenvalue weighted by Crippen LogP contribution is 2.29. The highest BCUT2D eigenvalue weighted by molar-refractivity contribution is 5.81. The Morgan fingerprint density at radius 2 is 1.95 bits per heavy atom. The number of carbonyl (C=O) groups is 1. The number of hydrogen-bond donors (Lipinski definition) is 1. The minimum atomic E-state index is -4.54. The molecule has 2 rings (SSSR count). The molecule has 1 atom stereocenters. The molecule has 2 heterocycles. The van der Waals surface area contributed by atoms with Crippen LogP contribution in [0.25, 0.3) is 0 Å². The van der Waals surface area contributed by atoms with Gasteiger partial charge in [-0.15, -0.1) is 10.2 Å². The maximum atomic E-state index is 12.7. The van der Waals surface area contributed by atoms with Crippen molar-refractivity contribution >= 4 is 5.91 Å². The first-order valence-electron chi connectivity index (χ1n) is 6.25. The molecule has 0 bridgehead atoms. The molecule has 0 saturated carbocycles. The number of hydrogen-bond acceptors (Lipinski definition) is 4. The average molecular weight is 291 g/mol. The van der Waals surface area contributed by atoms with Gasteiger partial charge in [0.15, 0.2) is 5.82 Å². The average Bonchev–Trinajstić information content (AvgIpc) is 2.79. The van der Waals surface area contributed by atoms with Gasteiger partial charge in [-0.1, -0.05) is 13.8 Å². The van der Waals surface area contributed by atoms with E-state index in [1.807, 2.05) is 13.8 Å². The maximum absolute atomic E-state index is 12.7. The summed E-state index contributed by atoms with van der Waals surface area (Å²) in [7, 11) is 0. The summed E-state index contributed by atoms with van der Waals surface area (Å²) in [5.74, 6) is -1.20. The van der Waals surface area contributed by atoms with Gasteiger partial charge in [0.1, 0.15) is 0 Å². The van der Waals surface area contributed by atoms with E-state index >= 15 is 0 Å². The van der Waals surface area contributed by atoms with Crippen molar-refractivity contribution in [2.45, 2.75) is 39.2 Å². The monoisotopic (exact) mass is 291 g/mol. The Morgan fingerprint density at radius 1 is 1.30 bits per heavy atom. The van der Waals surface area contributed by atoms with Crippen molar-refractivity contribution in [1.82, 2.24) is 19.7 Å². The zero-order valence-corrected chi connectivity index (χ0v) is 11.2. The molecule has 0 fully saturated rings. The third-order valence-electron chi connectivity index (χ3n) is 3.32. The summed E-state index contributed by atoms with van der Waals surface area (Å²) >= 11 is 0. The Balaban J connectivity index is 2.17. The smallest absolute Gasteiger partial charge is 0.332 e. The van der Waals surface area contributed by atoms with Crippen LogP contribution in [0.5, 0.6) is 0 Å². The first kappa shape index (κ1) is 14.8. The second-order valence-corrected chi connectivity index (χ2v) is 5.12. The van der Waals surface area contributed by atoms with Crippen LogP contribution in [0.1, 0.15) is 25.5 Å². The Bertz CT molecular complexity index is 511. The Labute approximate surface area is 113 Å². The number of nitrogens with two attached hydrogens (primary N) is 1. The molecule has 6 nitrogen and oxygen atoms in total. The summed E-state index contributed by atoms with van der Waals surface area (Å²) in [6.45, 7) is 3.83. The summed E-state index contributed by atoms with van der Waals surface area (Å²) in [6, 6.07) is -0.661. The number of nitrogens with zero attached hydrogens (tertiary/aromatic N) is 4. The second-order valence-electron chi connectivity index (χ2n) is 5.12. The molecule has 0 aliphatic carbocycles. The predicted molar refractivity (Wildman–Crippen MR) is 63.3 cm³/mol. The first-order valence-corrected chi connectivity index (χ1v) is 6.25. The number of aromatic nitrogens is 3. The quantitative estimate of drug-likeness (QED) is 0.866. The van der Waals surface area contributed by atoms with Gasteiger partial charge in [0.25, 0.3) is 0 Å². The van der Waals surface area contributed by atoms with Crippen molar-refractivity contribution in [2.75, 3.05) is 6.54 Å². The lowest BCUT2D eigenvalue weighted by molar-refractivity contribution is -0.148. The van der Waals surface area contributed by atoms with Crippen LogP contribution in [0.4, 0.5) is 13.2 Å². The zero-order valence-electron chi connectivity index (χ0n) is 11.2. The third-order valence-corrected chi connectivity index (χ3v) is 3.32. The van der Waals surface area contributed by atoms with Gasteiger partial charge in [0.05, 0.1) is 12.6 Å². The van der Waals surface area contributed by atoms with Crippen LogP contribution in [0.3, 0.4) is 0 Å². The molecule has 1 amide bonds. The van der Waals surface area contributed by atoms with Crippen LogP contribution in [0.2, 0.25) is 0 Å². The van der Waals surface area contributed by atoms with E-state index in [0.717, 1.165) is 4.57 Å². The first-order chi connectivity index (χ1) is 9.21. The van der Waals surface area contributed by atoms with Crippen molar-refractivity contribution in [3.8, 4) is 0 Å². The van der Waals surface area contributed by atoms with E-state index in [-0.39, 0.29) is 37.3 Å². The van der Waals surface area contributed by atoms with Gasteiger partial charge < -0.3 is 15.2 Å². The van der Waals surface area contributed by atoms with E-state index in [9.17, 15) is 18.0 Å². The van der Waals surface area contributed by atoms with Gasteiger partial charge in [-0.2, -0.15) is 13.2 Å². The van der Waals surface area contributed by atoms with E-state index in [2.05, 4.69) is 10.2 Å². The Kier molecular flexibility index (Phi) is 3.72. The molecule has 1 aromatic heterocycles. The number of amides is 1.